The van der Waals surface area contributed by atoms with E-state index >= 15 is 0 Å². The first-order valence-electron chi connectivity index (χ1n) is 8.68. The predicted molar refractivity (Wildman–Crippen MR) is 111 cm³/mol. The summed E-state index contributed by atoms with van der Waals surface area (Å²) in [7, 11) is -0.786. The zero-order valence-corrected chi connectivity index (χ0v) is 17.8. The maximum Gasteiger partial charge on any atom is 0.247 e. The summed E-state index contributed by atoms with van der Waals surface area (Å²) in [5.74, 6) is 0.394. The Balaban J connectivity index is 2.37. The number of anilines is 2. The predicted octanol–water partition coefficient (Wildman–Crippen LogP) is 3.11. The van der Waals surface area contributed by atoms with Gasteiger partial charge in [-0.25, -0.2) is 8.42 Å². The number of sulfonamides is 1. The van der Waals surface area contributed by atoms with Crippen LogP contribution in [0.25, 0.3) is 0 Å². The third-order valence-corrected chi connectivity index (χ3v) is 5.73. The van der Waals surface area contributed by atoms with Crippen molar-refractivity contribution in [2.45, 2.75) is 26.8 Å². The number of nitrogens with zero attached hydrogens (tertiary/aromatic N) is 1. The van der Waals surface area contributed by atoms with Gasteiger partial charge in [0.05, 0.1) is 26.2 Å². The molecule has 0 aliphatic rings. The summed E-state index contributed by atoms with van der Waals surface area (Å²) in [6.07, 6.45) is 1.06. The highest BCUT2D eigenvalue weighted by molar-refractivity contribution is 7.92. The topological polar surface area (TPSA) is 84.9 Å². The molecule has 2 aromatic rings. The zero-order chi connectivity index (χ0) is 21.1. The summed E-state index contributed by atoms with van der Waals surface area (Å²) in [6, 6.07) is 9.25. The molecule has 7 nitrogen and oxygen atoms in total. The molecule has 0 bridgehead atoms. The molecule has 2 rings (SSSR count). The number of ether oxygens (including phenoxy) is 2. The molecule has 1 unspecified atom stereocenters. The number of aryl methyl sites for hydroxylation is 2. The molecule has 0 aliphatic carbocycles. The van der Waals surface area contributed by atoms with E-state index in [-0.39, 0.29) is 0 Å². The van der Waals surface area contributed by atoms with Gasteiger partial charge in [-0.15, -0.1) is 0 Å². The van der Waals surface area contributed by atoms with E-state index in [1.807, 2.05) is 26.0 Å². The molecule has 152 valence electrons. The van der Waals surface area contributed by atoms with Gasteiger partial charge in [0.1, 0.15) is 6.04 Å². The van der Waals surface area contributed by atoms with Crippen LogP contribution in [0.2, 0.25) is 0 Å². The minimum absolute atomic E-state index is 0.308. The van der Waals surface area contributed by atoms with Crippen LogP contribution in [-0.2, 0) is 14.8 Å². The summed E-state index contributed by atoms with van der Waals surface area (Å²) >= 11 is 0. The number of carbonyl (C=O) groups is 1. The van der Waals surface area contributed by atoms with Crippen LogP contribution in [0.1, 0.15) is 18.1 Å². The van der Waals surface area contributed by atoms with Crippen molar-refractivity contribution in [1.82, 2.24) is 0 Å². The molecule has 0 fully saturated rings. The second kappa shape index (κ2) is 8.52. The quantitative estimate of drug-likeness (QED) is 0.764. The molecule has 0 radical (unpaired) electrons. The van der Waals surface area contributed by atoms with Crippen LogP contribution in [0.3, 0.4) is 0 Å². The SMILES string of the molecule is COc1ccc(N(C(C)C(=O)Nc2ccc(C)c(C)c2)S(C)(=O)=O)cc1OC. The Morgan fingerprint density at radius 3 is 2.18 bits per heavy atom. The van der Waals surface area contributed by atoms with Crippen molar-refractivity contribution in [3.05, 3.63) is 47.5 Å². The number of nitrogens with one attached hydrogen (secondary N) is 1. The minimum Gasteiger partial charge on any atom is -0.493 e. The normalized spacial score (nSPS) is 12.2. The molecule has 0 spiro atoms. The lowest BCUT2D eigenvalue weighted by Crippen LogP contribution is -2.45. The Bertz CT molecular complexity index is 973. The third kappa shape index (κ3) is 4.75. The Morgan fingerprint density at radius 1 is 1.00 bits per heavy atom. The van der Waals surface area contributed by atoms with E-state index in [1.54, 1.807) is 18.2 Å². The molecule has 1 N–H and O–H groups in total. The van der Waals surface area contributed by atoms with Gasteiger partial charge in [0, 0.05) is 11.8 Å². The first-order valence-corrected chi connectivity index (χ1v) is 10.5. The molecular weight excluding hydrogens is 380 g/mol. The van der Waals surface area contributed by atoms with Crippen LogP contribution >= 0.6 is 0 Å². The number of amides is 1. The van der Waals surface area contributed by atoms with E-state index in [4.69, 9.17) is 9.47 Å². The maximum atomic E-state index is 12.8. The number of carbonyl (C=O) groups excluding carboxylic acids is 1. The molecule has 0 aromatic heterocycles. The van der Waals surface area contributed by atoms with Gasteiger partial charge < -0.3 is 14.8 Å². The van der Waals surface area contributed by atoms with E-state index < -0.39 is 22.0 Å². The van der Waals surface area contributed by atoms with Crippen molar-refractivity contribution >= 4 is 27.3 Å². The lowest BCUT2D eigenvalue weighted by atomic mass is 10.1. The second-order valence-electron chi connectivity index (χ2n) is 6.56. The van der Waals surface area contributed by atoms with E-state index in [0.29, 0.717) is 22.9 Å². The van der Waals surface area contributed by atoms with E-state index in [1.165, 1.54) is 27.2 Å². The zero-order valence-electron chi connectivity index (χ0n) is 16.9. The molecule has 0 saturated carbocycles. The molecule has 2 aromatic carbocycles. The van der Waals surface area contributed by atoms with Gasteiger partial charge in [-0.2, -0.15) is 0 Å². The van der Waals surface area contributed by atoms with Crippen molar-refractivity contribution < 1.29 is 22.7 Å². The molecule has 0 heterocycles. The van der Waals surface area contributed by atoms with E-state index in [0.717, 1.165) is 21.7 Å². The van der Waals surface area contributed by atoms with Gasteiger partial charge >= 0.3 is 0 Å². The second-order valence-corrected chi connectivity index (χ2v) is 8.42. The summed E-state index contributed by atoms with van der Waals surface area (Å²) in [6.45, 7) is 5.46. The minimum atomic E-state index is -3.74. The van der Waals surface area contributed by atoms with Crippen LogP contribution in [0.4, 0.5) is 11.4 Å². The standard InChI is InChI=1S/C20H26N2O5S/c1-13-7-8-16(11-14(13)2)21-20(23)15(3)22(28(6,24)25)17-9-10-18(26-4)19(12-17)27-5/h7-12,15H,1-6H3,(H,21,23). The van der Waals surface area contributed by atoms with Gasteiger partial charge in [0.2, 0.25) is 15.9 Å². The van der Waals surface area contributed by atoms with Crippen LogP contribution < -0.4 is 19.1 Å². The van der Waals surface area contributed by atoms with Gasteiger partial charge in [-0.1, -0.05) is 6.07 Å². The largest absolute Gasteiger partial charge is 0.493 e. The van der Waals surface area contributed by atoms with E-state index in [9.17, 15) is 13.2 Å². The van der Waals surface area contributed by atoms with E-state index in [2.05, 4.69) is 5.32 Å². The van der Waals surface area contributed by atoms with Gasteiger partial charge in [0.15, 0.2) is 11.5 Å². The molecule has 1 amide bonds. The van der Waals surface area contributed by atoms with Gasteiger partial charge in [-0.05, 0) is 56.2 Å². The maximum absolute atomic E-state index is 12.8. The molecule has 28 heavy (non-hydrogen) atoms. The Labute approximate surface area is 166 Å². The smallest absolute Gasteiger partial charge is 0.247 e. The summed E-state index contributed by atoms with van der Waals surface area (Å²) in [5.41, 5.74) is 3.06. The van der Waals surface area contributed by atoms with Crippen molar-refractivity contribution in [2.75, 3.05) is 30.1 Å². The summed E-state index contributed by atoms with van der Waals surface area (Å²) in [5, 5.41) is 2.78. The lowest BCUT2D eigenvalue weighted by Gasteiger charge is -2.28. The monoisotopic (exact) mass is 406 g/mol. The van der Waals surface area contributed by atoms with Crippen molar-refractivity contribution in [3.63, 3.8) is 0 Å². The summed E-state index contributed by atoms with van der Waals surface area (Å²) in [4.78, 5) is 12.8. The highest BCUT2D eigenvalue weighted by Gasteiger charge is 2.30. The number of methoxy groups -OCH3 is 2. The number of rotatable bonds is 7. The van der Waals surface area contributed by atoms with Crippen LogP contribution in [0.15, 0.2) is 36.4 Å². The van der Waals surface area contributed by atoms with Crippen molar-refractivity contribution in [1.29, 1.82) is 0 Å². The Kier molecular flexibility index (Phi) is 6.56. The summed E-state index contributed by atoms with van der Waals surface area (Å²) < 4.78 is 36.4. The number of hydrogen-bond donors (Lipinski definition) is 1. The third-order valence-electron chi connectivity index (χ3n) is 4.48. The molecule has 0 saturated heterocycles. The average molecular weight is 407 g/mol. The molecule has 8 heteroatoms. The first kappa shape index (κ1) is 21.6. The Morgan fingerprint density at radius 2 is 1.64 bits per heavy atom. The van der Waals surface area contributed by atoms with Gasteiger partial charge in [0.25, 0.3) is 0 Å². The number of benzene rings is 2. The molecule has 1 atom stereocenters. The van der Waals surface area contributed by atoms with Crippen molar-refractivity contribution in [3.8, 4) is 11.5 Å². The first-order chi connectivity index (χ1) is 13.1. The average Bonchev–Trinajstić information content (AvgIpc) is 2.63. The Hall–Kier alpha value is -2.74. The fourth-order valence-corrected chi connectivity index (χ4v) is 4.00. The highest BCUT2D eigenvalue weighted by Crippen LogP contribution is 2.33. The van der Waals surface area contributed by atoms with Crippen LogP contribution in [-0.4, -0.2) is 40.8 Å². The van der Waals surface area contributed by atoms with Crippen LogP contribution in [0, 0.1) is 13.8 Å². The number of hydrogen-bond acceptors (Lipinski definition) is 5. The van der Waals surface area contributed by atoms with Crippen LogP contribution in [0.5, 0.6) is 11.5 Å². The lowest BCUT2D eigenvalue weighted by molar-refractivity contribution is -0.116. The fourth-order valence-electron chi connectivity index (χ4n) is 2.84. The van der Waals surface area contributed by atoms with Gasteiger partial charge in [-0.3, -0.25) is 9.10 Å². The van der Waals surface area contributed by atoms with Crippen molar-refractivity contribution in [2.24, 2.45) is 0 Å². The highest BCUT2D eigenvalue weighted by atomic mass is 32.2. The molecular formula is C20H26N2O5S. The fraction of sp³-hybridized carbons (Fsp3) is 0.350. The molecule has 0 aliphatic heterocycles.